The number of halogens is 1. The lowest BCUT2D eigenvalue weighted by Gasteiger charge is -2.12. The number of hydrogen-bond donors (Lipinski definition) is 1. The van der Waals surface area contributed by atoms with E-state index < -0.39 is 0 Å². The SMILES string of the molecule is CCOc1cc(C(=O)Nc2ccc(C)cc2Cl)ccc1OC. The highest BCUT2D eigenvalue weighted by atomic mass is 35.5. The molecule has 0 saturated heterocycles. The zero-order valence-corrected chi connectivity index (χ0v) is 13.5. The van der Waals surface area contributed by atoms with Crippen molar-refractivity contribution in [2.24, 2.45) is 0 Å². The molecule has 0 aliphatic rings. The van der Waals surface area contributed by atoms with Gasteiger partial charge in [0.1, 0.15) is 0 Å². The van der Waals surface area contributed by atoms with Crippen LogP contribution in [0.15, 0.2) is 36.4 Å². The topological polar surface area (TPSA) is 47.6 Å². The van der Waals surface area contributed by atoms with Crippen molar-refractivity contribution in [3.05, 3.63) is 52.5 Å². The number of amides is 1. The minimum absolute atomic E-state index is 0.255. The van der Waals surface area contributed by atoms with Crippen LogP contribution in [0.5, 0.6) is 11.5 Å². The van der Waals surface area contributed by atoms with Gasteiger partial charge >= 0.3 is 0 Å². The van der Waals surface area contributed by atoms with Gasteiger partial charge in [-0.15, -0.1) is 0 Å². The van der Waals surface area contributed by atoms with Crippen molar-refractivity contribution in [2.75, 3.05) is 19.0 Å². The van der Waals surface area contributed by atoms with Crippen molar-refractivity contribution >= 4 is 23.2 Å². The first-order chi connectivity index (χ1) is 10.5. The quantitative estimate of drug-likeness (QED) is 0.893. The summed E-state index contributed by atoms with van der Waals surface area (Å²) in [6, 6.07) is 10.5. The first-order valence-electron chi connectivity index (χ1n) is 6.93. The lowest BCUT2D eigenvalue weighted by Crippen LogP contribution is -2.12. The summed E-state index contributed by atoms with van der Waals surface area (Å²) in [6.07, 6.45) is 0. The molecule has 0 radical (unpaired) electrons. The predicted octanol–water partition coefficient (Wildman–Crippen LogP) is 4.31. The number of methoxy groups -OCH3 is 1. The molecule has 0 heterocycles. The van der Waals surface area contributed by atoms with Crippen molar-refractivity contribution in [1.82, 2.24) is 0 Å². The number of carbonyl (C=O) groups is 1. The zero-order chi connectivity index (χ0) is 16.1. The van der Waals surface area contributed by atoms with Crippen LogP contribution in [0.2, 0.25) is 5.02 Å². The summed E-state index contributed by atoms with van der Waals surface area (Å²) in [5, 5.41) is 3.30. The third-order valence-electron chi connectivity index (χ3n) is 3.10. The Morgan fingerprint density at radius 1 is 1.18 bits per heavy atom. The summed E-state index contributed by atoms with van der Waals surface area (Å²) >= 11 is 6.13. The van der Waals surface area contributed by atoms with Gasteiger partial charge in [-0.05, 0) is 49.7 Å². The molecule has 0 unspecified atom stereocenters. The molecule has 1 amide bonds. The molecule has 0 aliphatic carbocycles. The molecule has 0 aromatic heterocycles. The Kier molecular flexibility index (Phi) is 5.28. The van der Waals surface area contributed by atoms with Crippen LogP contribution in [0.4, 0.5) is 5.69 Å². The lowest BCUT2D eigenvalue weighted by molar-refractivity contribution is 0.102. The maximum absolute atomic E-state index is 12.3. The van der Waals surface area contributed by atoms with E-state index in [1.54, 1.807) is 37.4 Å². The fourth-order valence-electron chi connectivity index (χ4n) is 2.00. The Morgan fingerprint density at radius 3 is 2.59 bits per heavy atom. The molecule has 2 rings (SSSR count). The monoisotopic (exact) mass is 319 g/mol. The molecular formula is C17H18ClNO3. The van der Waals surface area contributed by atoms with Gasteiger partial charge in [0, 0.05) is 5.56 Å². The van der Waals surface area contributed by atoms with Gasteiger partial charge in [0.25, 0.3) is 5.91 Å². The highest BCUT2D eigenvalue weighted by Gasteiger charge is 2.12. The highest BCUT2D eigenvalue weighted by molar-refractivity contribution is 6.34. The Morgan fingerprint density at radius 2 is 1.95 bits per heavy atom. The van der Waals surface area contributed by atoms with E-state index in [9.17, 15) is 4.79 Å². The molecule has 4 nitrogen and oxygen atoms in total. The second-order valence-electron chi connectivity index (χ2n) is 4.74. The third kappa shape index (κ3) is 3.71. The van der Waals surface area contributed by atoms with Gasteiger partial charge in [0.2, 0.25) is 0 Å². The van der Waals surface area contributed by atoms with Crippen LogP contribution in [0.1, 0.15) is 22.8 Å². The number of rotatable bonds is 5. The molecule has 5 heteroatoms. The van der Waals surface area contributed by atoms with Crippen LogP contribution in [0.3, 0.4) is 0 Å². The average Bonchev–Trinajstić information content (AvgIpc) is 2.50. The largest absolute Gasteiger partial charge is 0.493 e. The number of aryl methyl sites for hydroxylation is 1. The van der Waals surface area contributed by atoms with E-state index in [4.69, 9.17) is 21.1 Å². The number of carbonyl (C=O) groups excluding carboxylic acids is 1. The molecule has 0 bridgehead atoms. The number of hydrogen-bond acceptors (Lipinski definition) is 3. The first-order valence-corrected chi connectivity index (χ1v) is 7.31. The molecule has 22 heavy (non-hydrogen) atoms. The van der Waals surface area contributed by atoms with E-state index in [0.29, 0.717) is 34.4 Å². The third-order valence-corrected chi connectivity index (χ3v) is 3.41. The van der Waals surface area contributed by atoms with E-state index in [-0.39, 0.29) is 5.91 Å². The first kappa shape index (κ1) is 16.2. The zero-order valence-electron chi connectivity index (χ0n) is 12.8. The predicted molar refractivity (Wildman–Crippen MR) is 88.3 cm³/mol. The van der Waals surface area contributed by atoms with Gasteiger partial charge in [-0.25, -0.2) is 0 Å². The summed E-state index contributed by atoms with van der Waals surface area (Å²) in [6.45, 7) is 4.30. The van der Waals surface area contributed by atoms with Gasteiger partial charge in [-0.3, -0.25) is 4.79 Å². The second-order valence-corrected chi connectivity index (χ2v) is 5.14. The minimum Gasteiger partial charge on any atom is -0.493 e. The maximum Gasteiger partial charge on any atom is 0.255 e. The standard InChI is InChI=1S/C17H18ClNO3/c1-4-22-16-10-12(6-8-15(16)21-3)17(20)19-14-7-5-11(2)9-13(14)18/h5-10H,4H2,1-3H3,(H,19,20). The van der Waals surface area contributed by atoms with Crippen LogP contribution < -0.4 is 14.8 Å². The van der Waals surface area contributed by atoms with Gasteiger partial charge in [0.05, 0.1) is 24.4 Å². The highest BCUT2D eigenvalue weighted by Crippen LogP contribution is 2.29. The van der Waals surface area contributed by atoms with Crippen LogP contribution in [-0.4, -0.2) is 19.6 Å². The summed E-state index contributed by atoms with van der Waals surface area (Å²) in [7, 11) is 1.56. The van der Waals surface area contributed by atoms with Gasteiger partial charge < -0.3 is 14.8 Å². The molecule has 1 N–H and O–H groups in total. The Labute approximate surface area is 135 Å². The van der Waals surface area contributed by atoms with E-state index in [1.807, 2.05) is 19.9 Å². The molecule has 2 aromatic rings. The Bertz CT molecular complexity index is 686. The van der Waals surface area contributed by atoms with Crippen molar-refractivity contribution in [3.63, 3.8) is 0 Å². The Hall–Kier alpha value is -2.20. The summed E-state index contributed by atoms with van der Waals surface area (Å²) in [4.78, 5) is 12.3. The molecule has 0 saturated carbocycles. The van der Waals surface area contributed by atoms with Crippen molar-refractivity contribution in [1.29, 1.82) is 0 Å². The van der Waals surface area contributed by atoms with Crippen LogP contribution in [0.25, 0.3) is 0 Å². The number of benzene rings is 2. The molecule has 116 valence electrons. The molecule has 0 spiro atoms. The fourth-order valence-corrected chi connectivity index (χ4v) is 2.28. The molecule has 0 atom stereocenters. The second kappa shape index (κ2) is 7.18. The van der Waals surface area contributed by atoms with E-state index in [2.05, 4.69) is 5.32 Å². The van der Waals surface area contributed by atoms with Crippen molar-refractivity contribution in [2.45, 2.75) is 13.8 Å². The Balaban J connectivity index is 2.23. The fraction of sp³-hybridized carbons (Fsp3) is 0.235. The number of ether oxygens (including phenoxy) is 2. The van der Waals surface area contributed by atoms with Crippen LogP contribution in [-0.2, 0) is 0 Å². The van der Waals surface area contributed by atoms with Gasteiger partial charge in [-0.2, -0.15) is 0 Å². The van der Waals surface area contributed by atoms with Crippen molar-refractivity contribution < 1.29 is 14.3 Å². The molecule has 2 aromatic carbocycles. The molecule has 0 aliphatic heterocycles. The van der Waals surface area contributed by atoms with Gasteiger partial charge in [-0.1, -0.05) is 17.7 Å². The van der Waals surface area contributed by atoms with Crippen molar-refractivity contribution in [3.8, 4) is 11.5 Å². The summed E-state index contributed by atoms with van der Waals surface area (Å²) in [5.74, 6) is 0.869. The maximum atomic E-state index is 12.3. The normalized spacial score (nSPS) is 10.2. The van der Waals surface area contributed by atoms with Crippen LogP contribution >= 0.6 is 11.6 Å². The van der Waals surface area contributed by atoms with E-state index >= 15 is 0 Å². The lowest BCUT2D eigenvalue weighted by atomic mass is 10.1. The summed E-state index contributed by atoms with van der Waals surface area (Å²) < 4.78 is 10.7. The average molecular weight is 320 g/mol. The minimum atomic E-state index is -0.255. The van der Waals surface area contributed by atoms with Gasteiger partial charge in [0.15, 0.2) is 11.5 Å². The van der Waals surface area contributed by atoms with E-state index in [0.717, 1.165) is 5.56 Å². The number of nitrogens with one attached hydrogen (secondary N) is 1. The molecule has 0 fully saturated rings. The number of anilines is 1. The van der Waals surface area contributed by atoms with E-state index in [1.165, 1.54) is 0 Å². The smallest absolute Gasteiger partial charge is 0.255 e. The van der Waals surface area contributed by atoms with Crippen LogP contribution in [0, 0.1) is 6.92 Å². The summed E-state index contributed by atoms with van der Waals surface area (Å²) in [5.41, 5.74) is 2.08. The molecular weight excluding hydrogens is 302 g/mol.